The molecular weight excluding hydrogens is 264 g/mol. The first-order chi connectivity index (χ1) is 10.1. The molecule has 4 nitrogen and oxygen atoms in total. The van der Waals surface area contributed by atoms with Gasteiger partial charge in [-0.15, -0.1) is 10.2 Å². The standard InChI is InChI=1S/C17H14N2O2/c1-11(20)13-7-9-14(10-8-13)15-5-3-4-6-16(15)17-19-18-12(2)21-17/h3-10H,1-2H3. The van der Waals surface area contributed by atoms with E-state index in [4.69, 9.17) is 4.42 Å². The van der Waals surface area contributed by atoms with Crippen molar-refractivity contribution in [2.75, 3.05) is 0 Å². The quantitative estimate of drug-likeness (QED) is 0.681. The van der Waals surface area contributed by atoms with Gasteiger partial charge in [0, 0.05) is 18.1 Å². The van der Waals surface area contributed by atoms with Crippen LogP contribution in [0.1, 0.15) is 23.2 Å². The summed E-state index contributed by atoms with van der Waals surface area (Å²) in [6.07, 6.45) is 0. The fourth-order valence-electron chi connectivity index (χ4n) is 2.21. The maximum Gasteiger partial charge on any atom is 0.248 e. The van der Waals surface area contributed by atoms with Crippen LogP contribution in [0.2, 0.25) is 0 Å². The number of carbonyl (C=O) groups is 1. The Labute approximate surface area is 122 Å². The maximum absolute atomic E-state index is 11.4. The van der Waals surface area contributed by atoms with Crippen LogP contribution in [0.15, 0.2) is 52.9 Å². The summed E-state index contributed by atoms with van der Waals surface area (Å²) in [6, 6.07) is 15.3. The van der Waals surface area contributed by atoms with Crippen molar-refractivity contribution >= 4 is 5.78 Å². The highest BCUT2D eigenvalue weighted by Crippen LogP contribution is 2.31. The normalized spacial score (nSPS) is 10.6. The SMILES string of the molecule is CC(=O)c1ccc(-c2ccccc2-c2nnc(C)o2)cc1. The van der Waals surface area contributed by atoms with E-state index >= 15 is 0 Å². The summed E-state index contributed by atoms with van der Waals surface area (Å²) in [6.45, 7) is 3.32. The van der Waals surface area contributed by atoms with E-state index in [1.54, 1.807) is 13.8 Å². The van der Waals surface area contributed by atoms with Crippen LogP contribution in [0.25, 0.3) is 22.6 Å². The third kappa shape index (κ3) is 2.60. The molecule has 0 radical (unpaired) electrons. The lowest BCUT2D eigenvalue weighted by Crippen LogP contribution is -1.91. The van der Waals surface area contributed by atoms with Crippen LogP contribution in [0, 0.1) is 6.92 Å². The van der Waals surface area contributed by atoms with Crippen LogP contribution in [-0.2, 0) is 0 Å². The zero-order chi connectivity index (χ0) is 14.8. The Morgan fingerprint density at radius 2 is 1.62 bits per heavy atom. The number of hydrogen-bond donors (Lipinski definition) is 0. The number of benzene rings is 2. The Morgan fingerprint density at radius 3 is 2.19 bits per heavy atom. The van der Waals surface area contributed by atoms with Gasteiger partial charge in [0.25, 0.3) is 0 Å². The van der Waals surface area contributed by atoms with Gasteiger partial charge in [0.15, 0.2) is 5.78 Å². The van der Waals surface area contributed by atoms with Crippen molar-refractivity contribution in [2.24, 2.45) is 0 Å². The van der Waals surface area contributed by atoms with Gasteiger partial charge in [0.2, 0.25) is 11.8 Å². The number of aryl methyl sites for hydroxylation is 1. The number of rotatable bonds is 3. The van der Waals surface area contributed by atoms with Crippen LogP contribution >= 0.6 is 0 Å². The smallest absolute Gasteiger partial charge is 0.248 e. The summed E-state index contributed by atoms with van der Waals surface area (Å²) in [7, 11) is 0. The maximum atomic E-state index is 11.4. The fourth-order valence-corrected chi connectivity index (χ4v) is 2.21. The molecule has 0 amide bonds. The van der Waals surface area contributed by atoms with Gasteiger partial charge < -0.3 is 4.42 Å². The second-order valence-electron chi connectivity index (χ2n) is 4.81. The zero-order valence-corrected chi connectivity index (χ0v) is 11.8. The largest absolute Gasteiger partial charge is 0.421 e. The van der Waals surface area contributed by atoms with Crippen molar-refractivity contribution in [1.82, 2.24) is 10.2 Å². The molecule has 104 valence electrons. The summed E-state index contributed by atoms with van der Waals surface area (Å²) in [5.41, 5.74) is 3.58. The molecule has 3 rings (SSSR count). The van der Waals surface area contributed by atoms with E-state index in [0.717, 1.165) is 16.7 Å². The van der Waals surface area contributed by atoms with Crippen LogP contribution in [0.4, 0.5) is 0 Å². The van der Waals surface area contributed by atoms with E-state index in [2.05, 4.69) is 10.2 Å². The summed E-state index contributed by atoms with van der Waals surface area (Å²) >= 11 is 0. The van der Waals surface area contributed by atoms with Crippen molar-refractivity contribution < 1.29 is 9.21 Å². The molecule has 1 aromatic heterocycles. The molecule has 1 heterocycles. The Kier molecular flexibility index (Phi) is 3.36. The molecule has 0 saturated heterocycles. The molecular formula is C17H14N2O2. The van der Waals surface area contributed by atoms with E-state index in [1.807, 2.05) is 48.5 Å². The van der Waals surface area contributed by atoms with Gasteiger partial charge in [-0.25, -0.2) is 0 Å². The second kappa shape index (κ2) is 5.32. The Bertz CT molecular complexity index is 789. The van der Waals surface area contributed by atoms with E-state index < -0.39 is 0 Å². The third-order valence-electron chi connectivity index (χ3n) is 3.29. The molecule has 0 spiro atoms. The van der Waals surface area contributed by atoms with E-state index in [9.17, 15) is 4.79 Å². The number of hydrogen-bond acceptors (Lipinski definition) is 4. The summed E-state index contributed by atoms with van der Waals surface area (Å²) < 4.78 is 5.52. The fraction of sp³-hybridized carbons (Fsp3) is 0.118. The van der Waals surface area contributed by atoms with Gasteiger partial charge in [0.1, 0.15) is 0 Å². The van der Waals surface area contributed by atoms with Crippen LogP contribution < -0.4 is 0 Å². The third-order valence-corrected chi connectivity index (χ3v) is 3.29. The van der Waals surface area contributed by atoms with E-state index in [0.29, 0.717) is 17.3 Å². The first kappa shape index (κ1) is 13.2. The molecule has 21 heavy (non-hydrogen) atoms. The highest BCUT2D eigenvalue weighted by atomic mass is 16.4. The van der Waals surface area contributed by atoms with Crippen molar-refractivity contribution in [2.45, 2.75) is 13.8 Å². The molecule has 0 aliphatic heterocycles. The first-order valence-electron chi connectivity index (χ1n) is 6.66. The molecule has 0 fully saturated rings. The van der Waals surface area contributed by atoms with Crippen molar-refractivity contribution in [1.29, 1.82) is 0 Å². The Hall–Kier alpha value is -2.75. The lowest BCUT2D eigenvalue weighted by Gasteiger charge is -2.07. The number of aromatic nitrogens is 2. The minimum Gasteiger partial charge on any atom is -0.421 e. The van der Waals surface area contributed by atoms with Gasteiger partial charge >= 0.3 is 0 Å². The molecule has 3 aromatic rings. The summed E-state index contributed by atoms with van der Waals surface area (Å²) in [5, 5.41) is 7.95. The number of nitrogens with zero attached hydrogens (tertiary/aromatic N) is 2. The van der Waals surface area contributed by atoms with Crippen molar-refractivity contribution in [3.8, 4) is 22.6 Å². The Balaban J connectivity index is 2.08. The molecule has 0 aliphatic rings. The van der Waals surface area contributed by atoms with Crippen molar-refractivity contribution in [3.05, 3.63) is 60.0 Å². The number of carbonyl (C=O) groups excluding carboxylic acids is 1. The lowest BCUT2D eigenvalue weighted by atomic mass is 9.98. The first-order valence-corrected chi connectivity index (χ1v) is 6.66. The molecule has 0 saturated carbocycles. The second-order valence-corrected chi connectivity index (χ2v) is 4.81. The van der Waals surface area contributed by atoms with Crippen LogP contribution in [0.5, 0.6) is 0 Å². The zero-order valence-electron chi connectivity index (χ0n) is 11.8. The van der Waals surface area contributed by atoms with Gasteiger partial charge in [-0.2, -0.15) is 0 Å². The lowest BCUT2D eigenvalue weighted by molar-refractivity contribution is 0.101. The predicted molar refractivity (Wildman–Crippen MR) is 79.9 cm³/mol. The minimum atomic E-state index is 0.0577. The molecule has 0 bridgehead atoms. The van der Waals surface area contributed by atoms with Gasteiger partial charge in [-0.3, -0.25) is 4.79 Å². The predicted octanol–water partition coefficient (Wildman–Crippen LogP) is 3.91. The molecule has 0 aliphatic carbocycles. The van der Waals surface area contributed by atoms with Crippen LogP contribution in [-0.4, -0.2) is 16.0 Å². The molecule has 0 atom stereocenters. The van der Waals surface area contributed by atoms with E-state index in [-0.39, 0.29) is 5.78 Å². The topological polar surface area (TPSA) is 56.0 Å². The van der Waals surface area contributed by atoms with Crippen LogP contribution in [0.3, 0.4) is 0 Å². The molecule has 0 unspecified atom stereocenters. The van der Waals surface area contributed by atoms with Crippen molar-refractivity contribution in [3.63, 3.8) is 0 Å². The van der Waals surface area contributed by atoms with E-state index in [1.165, 1.54) is 0 Å². The minimum absolute atomic E-state index is 0.0577. The summed E-state index contributed by atoms with van der Waals surface area (Å²) in [5.74, 6) is 1.09. The number of Topliss-reactive ketones (excluding diaryl/α,β-unsaturated/α-hetero) is 1. The average molecular weight is 278 g/mol. The molecule has 4 heteroatoms. The number of ketones is 1. The Morgan fingerprint density at radius 1 is 0.952 bits per heavy atom. The highest BCUT2D eigenvalue weighted by molar-refractivity contribution is 5.94. The van der Waals surface area contributed by atoms with Gasteiger partial charge in [0.05, 0.1) is 0 Å². The van der Waals surface area contributed by atoms with Gasteiger partial charge in [-0.05, 0) is 24.1 Å². The molecule has 0 N–H and O–H groups in total. The highest BCUT2D eigenvalue weighted by Gasteiger charge is 2.12. The summed E-state index contributed by atoms with van der Waals surface area (Å²) in [4.78, 5) is 11.4. The monoisotopic (exact) mass is 278 g/mol. The average Bonchev–Trinajstić information content (AvgIpc) is 2.94. The molecule has 2 aromatic carbocycles. The van der Waals surface area contributed by atoms with Gasteiger partial charge in [-0.1, -0.05) is 42.5 Å².